The lowest BCUT2D eigenvalue weighted by atomic mass is 10.0. The molecule has 0 saturated heterocycles. The SMILES string of the molecule is c1ccc(-c2cc(-n3c4ccccc4c4cc5c6ccccc6n(-c6nc(-c7ccccc7)nc(-c7cccc8c7oc7ccccc78)n6)c5cc43)c3c(c2)oc2ccccc23)cc1. The third-order valence-electron chi connectivity index (χ3n) is 12.8. The Morgan fingerprint density at radius 1 is 0.328 bits per heavy atom. The largest absolute Gasteiger partial charge is 0.456 e. The number of rotatable bonds is 5. The fourth-order valence-corrected chi connectivity index (χ4v) is 9.94. The van der Waals surface area contributed by atoms with Crippen LogP contribution in [-0.2, 0) is 0 Å². The molecule has 0 aliphatic heterocycles. The first kappa shape index (κ1) is 34.9. The van der Waals surface area contributed by atoms with E-state index in [1.54, 1.807) is 0 Å². The second-order valence-electron chi connectivity index (χ2n) is 16.4. The summed E-state index contributed by atoms with van der Waals surface area (Å²) in [5.74, 6) is 1.61. The van der Waals surface area contributed by atoms with E-state index < -0.39 is 0 Å². The van der Waals surface area contributed by atoms with Gasteiger partial charge < -0.3 is 13.4 Å². The summed E-state index contributed by atoms with van der Waals surface area (Å²) in [6.07, 6.45) is 0. The quantitative estimate of drug-likeness (QED) is 0.173. The van der Waals surface area contributed by atoms with Gasteiger partial charge in [-0.15, -0.1) is 0 Å². The Morgan fingerprint density at radius 2 is 0.906 bits per heavy atom. The highest BCUT2D eigenvalue weighted by Crippen LogP contribution is 2.44. The first-order valence-electron chi connectivity index (χ1n) is 21.4. The molecule has 0 spiro atoms. The van der Waals surface area contributed by atoms with E-state index in [-0.39, 0.29) is 0 Å². The maximum atomic E-state index is 6.66. The van der Waals surface area contributed by atoms with Gasteiger partial charge in [-0.2, -0.15) is 9.97 Å². The van der Waals surface area contributed by atoms with E-state index in [9.17, 15) is 0 Å². The Kier molecular flexibility index (Phi) is 7.27. The molecule has 5 heterocycles. The van der Waals surface area contributed by atoms with Crippen LogP contribution in [0.1, 0.15) is 0 Å². The summed E-state index contributed by atoms with van der Waals surface area (Å²) >= 11 is 0. The predicted octanol–water partition coefficient (Wildman–Crippen LogP) is 14.9. The minimum atomic E-state index is 0.513. The molecule has 0 atom stereocenters. The highest BCUT2D eigenvalue weighted by molar-refractivity contribution is 6.21. The summed E-state index contributed by atoms with van der Waals surface area (Å²) in [6, 6.07) is 69.7. The van der Waals surface area contributed by atoms with Gasteiger partial charge >= 0.3 is 0 Å². The molecular weight excluding hydrogens is 787 g/mol. The molecule has 0 aliphatic rings. The zero-order valence-corrected chi connectivity index (χ0v) is 34.1. The van der Waals surface area contributed by atoms with Gasteiger partial charge in [0.05, 0.1) is 38.7 Å². The number of benzene rings is 9. The van der Waals surface area contributed by atoms with Crippen molar-refractivity contribution in [3.8, 4) is 45.5 Å². The van der Waals surface area contributed by atoms with Crippen molar-refractivity contribution in [3.63, 3.8) is 0 Å². The summed E-state index contributed by atoms with van der Waals surface area (Å²) in [5, 5.41) is 8.71. The second kappa shape index (κ2) is 13.3. The van der Waals surface area contributed by atoms with Crippen molar-refractivity contribution in [2.24, 2.45) is 0 Å². The normalized spacial score (nSPS) is 12.1. The zero-order valence-electron chi connectivity index (χ0n) is 34.1. The van der Waals surface area contributed by atoms with Crippen LogP contribution >= 0.6 is 0 Å². The molecule has 9 aromatic carbocycles. The van der Waals surface area contributed by atoms with Crippen LogP contribution in [0, 0.1) is 0 Å². The molecule has 0 bridgehead atoms. The van der Waals surface area contributed by atoms with Crippen molar-refractivity contribution >= 4 is 87.5 Å². The van der Waals surface area contributed by atoms with E-state index in [1.807, 2.05) is 66.7 Å². The number of fused-ring (bicyclic) bond motifs is 12. The molecule has 14 rings (SSSR count). The van der Waals surface area contributed by atoms with Crippen LogP contribution in [0.15, 0.2) is 209 Å². The highest BCUT2D eigenvalue weighted by atomic mass is 16.3. The molecule has 0 N–H and O–H groups in total. The molecule has 0 amide bonds. The predicted molar refractivity (Wildman–Crippen MR) is 259 cm³/mol. The maximum Gasteiger partial charge on any atom is 0.238 e. The molecule has 0 unspecified atom stereocenters. The van der Waals surface area contributed by atoms with Gasteiger partial charge in [0.25, 0.3) is 0 Å². The van der Waals surface area contributed by atoms with Crippen LogP contribution in [-0.4, -0.2) is 24.1 Å². The number of hydrogen-bond donors (Lipinski definition) is 0. The summed E-state index contributed by atoms with van der Waals surface area (Å²) in [7, 11) is 0. The van der Waals surface area contributed by atoms with Crippen LogP contribution in [0.2, 0.25) is 0 Å². The lowest BCUT2D eigenvalue weighted by molar-refractivity contribution is 0.668. The van der Waals surface area contributed by atoms with Gasteiger partial charge in [0.1, 0.15) is 22.3 Å². The van der Waals surface area contributed by atoms with Gasteiger partial charge in [0.2, 0.25) is 5.95 Å². The second-order valence-corrected chi connectivity index (χ2v) is 16.4. The Balaban J connectivity index is 1.10. The number of nitrogens with zero attached hydrogens (tertiary/aromatic N) is 5. The van der Waals surface area contributed by atoms with E-state index in [0.717, 1.165) is 115 Å². The number of hydrogen-bond acceptors (Lipinski definition) is 5. The van der Waals surface area contributed by atoms with Gasteiger partial charge in [-0.1, -0.05) is 146 Å². The van der Waals surface area contributed by atoms with Gasteiger partial charge in [0.15, 0.2) is 11.6 Å². The fraction of sp³-hybridized carbons (Fsp3) is 0. The molecular formula is C57H33N5O2. The van der Waals surface area contributed by atoms with Gasteiger partial charge in [-0.25, -0.2) is 4.98 Å². The Labute approximate surface area is 364 Å². The minimum Gasteiger partial charge on any atom is -0.456 e. The van der Waals surface area contributed by atoms with Crippen molar-refractivity contribution in [3.05, 3.63) is 200 Å². The van der Waals surface area contributed by atoms with Crippen molar-refractivity contribution in [1.29, 1.82) is 0 Å². The minimum absolute atomic E-state index is 0.513. The molecule has 298 valence electrons. The molecule has 0 saturated carbocycles. The standard InChI is InChI=1S/C57H33N5O2/c1-3-16-34(17-4-1)36-30-49(53-41-23-10-14-29-51(41)63-52(53)31-36)61-45-26-11-7-20-37(45)43-32-44-38-21-8-12-27-46(38)62(48(44)33-47(43)61)57-59-55(35-18-5-2-6-19-35)58-56(60-57)42-25-15-24-40-39-22-9-13-28-50(39)64-54(40)42/h1-33H. The first-order valence-corrected chi connectivity index (χ1v) is 21.4. The smallest absolute Gasteiger partial charge is 0.238 e. The molecule has 0 fully saturated rings. The van der Waals surface area contributed by atoms with Gasteiger partial charge in [0, 0.05) is 43.3 Å². The van der Waals surface area contributed by atoms with Crippen molar-refractivity contribution < 1.29 is 8.83 Å². The van der Waals surface area contributed by atoms with Crippen molar-refractivity contribution in [2.75, 3.05) is 0 Å². The van der Waals surface area contributed by atoms with Crippen LogP contribution < -0.4 is 0 Å². The van der Waals surface area contributed by atoms with Crippen LogP contribution in [0.3, 0.4) is 0 Å². The summed E-state index contributed by atoms with van der Waals surface area (Å²) in [5.41, 5.74) is 12.3. The molecule has 7 nitrogen and oxygen atoms in total. The van der Waals surface area contributed by atoms with E-state index >= 15 is 0 Å². The average molecular weight is 820 g/mol. The molecule has 0 radical (unpaired) electrons. The third kappa shape index (κ3) is 5.06. The zero-order chi connectivity index (χ0) is 41.9. The van der Waals surface area contributed by atoms with E-state index in [1.165, 1.54) is 0 Å². The third-order valence-corrected chi connectivity index (χ3v) is 12.8. The number of para-hydroxylation sites is 5. The van der Waals surface area contributed by atoms with E-state index in [0.29, 0.717) is 17.6 Å². The first-order chi connectivity index (χ1) is 31.7. The van der Waals surface area contributed by atoms with Crippen LogP contribution in [0.4, 0.5) is 0 Å². The van der Waals surface area contributed by atoms with Crippen LogP contribution in [0.25, 0.3) is 133 Å². The van der Waals surface area contributed by atoms with E-state index in [4.69, 9.17) is 23.8 Å². The lowest BCUT2D eigenvalue weighted by Gasteiger charge is -2.13. The Bertz CT molecular complexity index is 4200. The number of furan rings is 2. The average Bonchev–Trinajstić information content (AvgIpc) is 4.11. The Morgan fingerprint density at radius 3 is 1.66 bits per heavy atom. The Hall–Kier alpha value is -8.81. The molecule has 14 aromatic rings. The highest BCUT2D eigenvalue weighted by Gasteiger charge is 2.24. The van der Waals surface area contributed by atoms with Crippen LogP contribution in [0.5, 0.6) is 0 Å². The van der Waals surface area contributed by atoms with Gasteiger partial charge in [-0.3, -0.25) is 4.57 Å². The molecule has 64 heavy (non-hydrogen) atoms. The topological polar surface area (TPSA) is 74.8 Å². The summed E-state index contributed by atoms with van der Waals surface area (Å²) < 4.78 is 17.8. The van der Waals surface area contributed by atoms with Gasteiger partial charge in [-0.05, 0) is 65.7 Å². The summed E-state index contributed by atoms with van der Waals surface area (Å²) in [6.45, 7) is 0. The monoisotopic (exact) mass is 819 g/mol. The number of aromatic nitrogens is 5. The molecule has 7 heteroatoms. The molecule has 5 aromatic heterocycles. The molecule has 0 aliphatic carbocycles. The van der Waals surface area contributed by atoms with Crippen molar-refractivity contribution in [2.45, 2.75) is 0 Å². The van der Waals surface area contributed by atoms with E-state index in [2.05, 4.69) is 143 Å². The maximum absolute atomic E-state index is 6.66. The van der Waals surface area contributed by atoms with Crippen molar-refractivity contribution in [1.82, 2.24) is 24.1 Å². The fourth-order valence-electron chi connectivity index (χ4n) is 9.94. The lowest BCUT2D eigenvalue weighted by Crippen LogP contribution is -2.06. The summed E-state index contributed by atoms with van der Waals surface area (Å²) in [4.78, 5) is 15.8.